The highest BCUT2D eigenvalue weighted by molar-refractivity contribution is 5.48. The number of ether oxygens (including phenoxy) is 1. The van der Waals surface area contributed by atoms with Crippen molar-refractivity contribution >= 4 is 5.82 Å². The molecule has 0 aliphatic carbocycles. The second-order valence-corrected chi connectivity index (χ2v) is 4.50. The van der Waals surface area contributed by atoms with Crippen LogP contribution in [-0.2, 0) is 17.5 Å². The summed E-state index contributed by atoms with van der Waals surface area (Å²) in [4.78, 5) is 5.36. The van der Waals surface area contributed by atoms with E-state index < -0.39 is 18.0 Å². The fourth-order valence-electron chi connectivity index (χ4n) is 2.09. The first kappa shape index (κ1) is 15.0. The number of hydrogen-bond acceptors (Lipinski definition) is 5. The molecule has 1 aliphatic rings. The summed E-state index contributed by atoms with van der Waals surface area (Å²) in [5, 5.41) is 9.09. The number of aromatic nitrogens is 1. The molecule has 1 aliphatic heterocycles. The molecule has 1 saturated heterocycles. The van der Waals surface area contributed by atoms with Crippen LogP contribution in [0.25, 0.3) is 0 Å². The van der Waals surface area contributed by atoms with Gasteiger partial charge in [-0.05, 0) is 6.07 Å². The first-order chi connectivity index (χ1) is 9.45. The van der Waals surface area contributed by atoms with Crippen LogP contribution >= 0.6 is 0 Å². The summed E-state index contributed by atoms with van der Waals surface area (Å²) >= 11 is 0. The van der Waals surface area contributed by atoms with Gasteiger partial charge in [-0.1, -0.05) is 6.07 Å². The molecule has 2 rings (SSSR count). The molecule has 0 saturated carbocycles. The van der Waals surface area contributed by atoms with E-state index >= 15 is 0 Å². The zero-order valence-electron chi connectivity index (χ0n) is 10.7. The van der Waals surface area contributed by atoms with E-state index in [1.165, 1.54) is 6.07 Å². The quantitative estimate of drug-likeness (QED) is 0.860. The van der Waals surface area contributed by atoms with Gasteiger partial charge in [0.05, 0.1) is 19.3 Å². The van der Waals surface area contributed by atoms with Crippen molar-refractivity contribution in [1.82, 2.24) is 4.98 Å². The van der Waals surface area contributed by atoms with Crippen molar-refractivity contribution < 1.29 is 23.0 Å². The van der Waals surface area contributed by atoms with E-state index in [1.807, 2.05) is 0 Å². The maximum Gasteiger partial charge on any atom is 0.433 e. The molecule has 1 aromatic rings. The number of aliphatic hydroxyl groups excluding tert-OH is 1. The average Bonchev–Trinajstić information content (AvgIpc) is 2.45. The van der Waals surface area contributed by atoms with Crippen LogP contribution in [0.5, 0.6) is 0 Å². The van der Waals surface area contributed by atoms with Crippen LogP contribution in [0.4, 0.5) is 19.0 Å². The molecule has 0 amide bonds. The van der Waals surface area contributed by atoms with Gasteiger partial charge in [0, 0.05) is 25.2 Å². The van der Waals surface area contributed by atoms with Crippen molar-refractivity contribution in [1.29, 1.82) is 0 Å². The fraction of sp³-hybridized carbons (Fsp3) is 0.583. The number of anilines is 1. The molecule has 3 N–H and O–H groups in total. The highest BCUT2D eigenvalue weighted by Crippen LogP contribution is 2.31. The Morgan fingerprint density at radius 2 is 2.20 bits per heavy atom. The van der Waals surface area contributed by atoms with Crippen molar-refractivity contribution in [3.63, 3.8) is 0 Å². The van der Waals surface area contributed by atoms with E-state index in [0.29, 0.717) is 18.7 Å². The molecule has 1 unspecified atom stereocenters. The van der Waals surface area contributed by atoms with Crippen molar-refractivity contribution in [2.75, 3.05) is 31.2 Å². The van der Waals surface area contributed by atoms with Crippen LogP contribution in [-0.4, -0.2) is 42.5 Å². The minimum absolute atomic E-state index is 0.0988. The molecule has 0 radical (unpaired) electrons. The predicted octanol–water partition coefficient (Wildman–Crippen LogP) is 0.757. The van der Waals surface area contributed by atoms with Gasteiger partial charge in [-0.2, -0.15) is 13.2 Å². The Kier molecular flexibility index (Phi) is 4.46. The predicted molar refractivity (Wildman–Crippen MR) is 66.2 cm³/mol. The summed E-state index contributed by atoms with van der Waals surface area (Å²) in [6.45, 7) is 0.942. The Morgan fingerprint density at radius 3 is 2.80 bits per heavy atom. The first-order valence-electron chi connectivity index (χ1n) is 6.20. The molecule has 1 atom stereocenters. The third kappa shape index (κ3) is 3.20. The molecule has 8 heteroatoms. The summed E-state index contributed by atoms with van der Waals surface area (Å²) in [7, 11) is 0. The lowest BCUT2D eigenvalue weighted by molar-refractivity contribution is -0.141. The van der Waals surface area contributed by atoms with Crippen LogP contribution in [0.3, 0.4) is 0 Å². The van der Waals surface area contributed by atoms with Crippen molar-refractivity contribution in [3.05, 3.63) is 23.4 Å². The highest BCUT2D eigenvalue weighted by atomic mass is 19.4. The topological polar surface area (TPSA) is 71.6 Å². The molecule has 1 fully saturated rings. The first-order valence-corrected chi connectivity index (χ1v) is 6.20. The van der Waals surface area contributed by atoms with Crippen LogP contribution in [0, 0.1) is 0 Å². The number of morpholine rings is 1. The molecular formula is C12H16F3N3O2. The van der Waals surface area contributed by atoms with E-state index in [9.17, 15) is 13.2 Å². The normalized spacial score (nSPS) is 20.2. The number of halogens is 3. The second-order valence-electron chi connectivity index (χ2n) is 4.50. The van der Waals surface area contributed by atoms with Crippen molar-refractivity contribution in [3.8, 4) is 0 Å². The number of hydrogen-bond donors (Lipinski definition) is 2. The zero-order valence-corrected chi connectivity index (χ0v) is 10.7. The third-order valence-corrected chi connectivity index (χ3v) is 3.11. The number of nitrogens with zero attached hydrogens (tertiary/aromatic N) is 2. The Morgan fingerprint density at radius 1 is 1.45 bits per heavy atom. The van der Waals surface area contributed by atoms with E-state index in [2.05, 4.69) is 4.98 Å². The summed E-state index contributed by atoms with van der Waals surface area (Å²) in [6.07, 6.45) is -4.92. The van der Waals surface area contributed by atoms with Gasteiger partial charge in [0.15, 0.2) is 0 Å². The molecule has 5 nitrogen and oxygen atoms in total. The summed E-state index contributed by atoms with van der Waals surface area (Å²) in [5.41, 5.74) is 5.15. The maximum atomic E-state index is 12.7. The van der Waals surface area contributed by atoms with Crippen LogP contribution in [0.15, 0.2) is 12.1 Å². The third-order valence-electron chi connectivity index (χ3n) is 3.11. The maximum absolute atomic E-state index is 12.7. The monoisotopic (exact) mass is 291 g/mol. The number of nitrogens with two attached hydrogens (primary N) is 1. The minimum atomic E-state index is -4.50. The van der Waals surface area contributed by atoms with Gasteiger partial charge in [0.1, 0.15) is 11.5 Å². The summed E-state index contributed by atoms with van der Waals surface area (Å²) in [5.74, 6) is 0.212. The lowest BCUT2D eigenvalue weighted by Gasteiger charge is -2.34. The van der Waals surface area contributed by atoms with Crippen molar-refractivity contribution in [2.45, 2.75) is 18.8 Å². The minimum Gasteiger partial charge on any atom is -0.394 e. The molecule has 0 bridgehead atoms. The molecule has 0 spiro atoms. The van der Waals surface area contributed by atoms with Gasteiger partial charge < -0.3 is 20.5 Å². The van der Waals surface area contributed by atoms with Crippen LogP contribution < -0.4 is 10.6 Å². The smallest absolute Gasteiger partial charge is 0.394 e. The van der Waals surface area contributed by atoms with Crippen LogP contribution in [0.1, 0.15) is 11.3 Å². The largest absolute Gasteiger partial charge is 0.433 e. The number of pyridine rings is 1. The average molecular weight is 291 g/mol. The fourth-order valence-corrected chi connectivity index (χ4v) is 2.09. The van der Waals surface area contributed by atoms with Gasteiger partial charge in [-0.15, -0.1) is 0 Å². The van der Waals surface area contributed by atoms with E-state index in [1.54, 1.807) is 4.90 Å². The van der Waals surface area contributed by atoms with Crippen molar-refractivity contribution in [2.24, 2.45) is 5.73 Å². The molecule has 2 heterocycles. The Balaban J connectivity index is 2.32. The lowest BCUT2D eigenvalue weighted by Crippen LogP contribution is -2.45. The second kappa shape index (κ2) is 5.94. The molecule has 112 valence electrons. The van der Waals surface area contributed by atoms with E-state index in [0.717, 1.165) is 6.07 Å². The van der Waals surface area contributed by atoms with Gasteiger partial charge in [0.25, 0.3) is 0 Å². The SMILES string of the molecule is NCc1ccc(C(F)(F)F)nc1N1CCOC(CO)C1. The lowest BCUT2D eigenvalue weighted by atomic mass is 10.2. The van der Waals surface area contributed by atoms with Gasteiger partial charge in [0.2, 0.25) is 0 Å². The Bertz CT molecular complexity index is 468. The molecule has 0 aromatic carbocycles. The Hall–Kier alpha value is -1.38. The molecule has 20 heavy (non-hydrogen) atoms. The Labute approximate surface area is 114 Å². The van der Waals surface area contributed by atoms with Gasteiger partial charge in [-0.25, -0.2) is 4.98 Å². The number of aliphatic hydroxyl groups is 1. The summed E-state index contributed by atoms with van der Waals surface area (Å²) in [6, 6.07) is 2.27. The van der Waals surface area contributed by atoms with Gasteiger partial charge in [-0.3, -0.25) is 0 Å². The summed E-state index contributed by atoms with van der Waals surface area (Å²) < 4.78 is 43.5. The van der Waals surface area contributed by atoms with Gasteiger partial charge >= 0.3 is 6.18 Å². The standard InChI is InChI=1S/C12H16F3N3O2/c13-12(14,15)10-2-1-8(5-16)11(17-10)18-3-4-20-9(6-18)7-19/h1-2,9,19H,3-7,16H2. The zero-order chi connectivity index (χ0) is 14.8. The van der Waals surface area contributed by atoms with E-state index in [-0.39, 0.29) is 25.5 Å². The van der Waals surface area contributed by atoms with E-state index in [4.69, 9.17) is 15.6 Å². The van der Waals surface area contributed by atoms with Crippen LogP contribution in [0.2, 0.25) is 0 Å². The number of alkyl halides is 3. The molecule has 1 aromatic heterocycles. The number of rotatable bonds is 3. The highest BCUT2D eigenvalue weighted by Gasteiger charge is 2.34. The molecular weight excluding hydrogens is 275 g/mol.